The smallest absolute Gasteiger partial charge is 0.255 e. The summed E-state index contributed by atoms with van der Waals surface area (Å²) < 4.78 is 7.59. The minimum absolute atomic E-state index is 0.0681. The van der Waals surface area contributed by atoms with Crippen LogP contribution in [0.1, 0.15) is 29.6 Å². The molecule has 4 heterocycles. The number of rotatable bonds is 2. The van der Waals surface area contributed by atoms with E-state index in [0.717, 1.165) is 12.8 Å². The zero-order valence-electron chi connectivity index (χ0n) is 13.3. The van der Waals surface area contributed by atoms with Crippen molar-refractivity contribution in [1.82, 2.24) is 19.4 Å². The molecule has 7 nitrogen and oxygen atoms in total. The van der Waals surface area contributed by atoms with Crippen LogP contribution in [0.3, 0.4) is 0 Å². The van der Waals surface area contributed by atoms with Gasteiger partial charge in [0.05, 0.1) is 18.2 Å². The first-order valence-electron chi connectivity index (χ1n) is 8.24. The maximum Gasteiger partial charge on any atom is 0.255 e. The highest BCUT2D eigenvalue weighted by atomic mass is 16.5. The molecule has 1 N–H and O–H groups in total. The molecule has 0 unspecified atom stereocenters. The van der Waals surface area contributed by atoms with E-state index in [2.05, 4.69) is 9.97 Å². The predicted molar refractivity (Wildman–Crippen MR) is 85.8 cm³/mol. The molecule has 2 fully saturated rings. The van der Waals surface area contributed by atoms with Crippen LogP contribution in [0.5, 0.6) is 0 Å². The average molecular weight is 328 g/mol. The highest BCUT2D eigenvalue weighted by molar-refractivity contribution is 5.94. The minimum atomic E-state index is -0.585. The number of hydrogen-bond donors (Lipinski definition) is 1. The zero-order valence-corrected chi connectivity index (χ0v) is 13.3. The molecule has 7 heteroatoms. The zero-order chi connectivity index (χ0) is 16.6. The number of piperidine rings is 1. The van der Waals surface area contributed by atoms with Gasteiger partial charge in [0, 0.05) is 31.7 Å². The van der Waals surface area contributed by atoms with Gasteiger partial charge >= 0.3 is 0 Å². The van der Waals surface area contributed by atoms with Crippen molar-refractivity contribution in [3.63, 3.8) is 0 Å². The van der Waals surface area contributed by atoms with E-state index < -0.39 is 11.7 Å². The molecular formula is C17H20N4O3. The molecule has 2 aliphatic heterocycles. The number of aromatic nitrogens is 3. The lowest BCUT2D eigenvalue weighted by Gasteiger charge is -2.43. The molecule has 2 aromatic heterocycles. The van der Waals surface area contributed by atoms with Crippen LogP contribution in [0.2, 0.25) is 0 Å². The Labute approximate surface area is 139 Å². The molecule has 2 aliphatic rings. The first kappa shape index (κ1) is 15.3. The topological polar surface area (TPSA) is 80.5 Å². The molecule has 24 heavy (non-hydrogen) atoms. The molecule has 0 aromatic carbocycles. The second-order valence-electron chi connectivity index (χ2n) is 6.42. The molecule has 0 bridgehead atoms. The third-order valence-electron chi connectivity index (χ3n) is 4.92. The van der Waals surface area contributed by atoms with Crippen LogP contribution in [-0.2, 0) is 4.74 Å². The summed E-state index contributed by atoms with van der Waals surface area (Å²) in [7, 11) is 0. The van der Waals surface area contributed by atoms with Crippen LogP contribution in [0.25, 0.3) is 5.82 Å². The van der Waals surface area contributed by atoms with Crippen LogP contribution < -0.4 is 0 Å². The number of carbonyl (C=O) groups is 1. The Morgan fingerprint density at radius 2 is 2.33 bits per heavy atom. The number of aliphatic hydroxyl groups is 1. The summed E-state index contributed by atoms with van der Waals surface area (Å²) in [5.74, 6) is 0.648. The van der Waals surface area contributed by atoms with Crippen LogP contribution in [0.4, 0.5) is 0 Å². The number of carbonyl (C=O) groups excluding carboxylic acids is 1. The van der Waals surface area contributed by atoms with Crippen molar-refractivity contribution in [2.45, 2.75) is 31.0 Å². The van der Waals surface area contributed by atoms with E-state index >= 15 is 0 Å². The van der Waals surface area contributed by atoms with Gasteiger partial charge in [0.2, 0.25) is 0 Å². The first-order valence-corrected chi connectivity index (χ1v) is 8.24. The number of nitrogens with zero attached hydrogens (tertiary/aromatic N) is 4. The van der Waals surface area contributed by atoms with Gasteiger partial charge < -0.3 is 14.7 Å². The van der Waals surface area contributed by atoms with Crippen molar-refractivity contribution in [2.75, 3.05) is 19.7 Å². The molecule has 2 atom stereocenters. The van der Waals surface area contributed by atoms with Crippen molar-refractivity contribution in [3.8, 4) is 5.82 Å². The molecule has 0 radical (unpaired) electrons. The summed E-state index contributed by atoms with van der Waals surface area (Å²) in [4.78, 5) is 22.9. The third-order valence-corrected chi connectivity index (χ3v) is 4.92. The Kier molecular flexibility index (Phi) is 3.82. The SMILES string of the molecule is O=C(c1ccc(-n2ccnc2)nc1)N1CC[C@H](O)[C@]2(CCCO2)C1. The fourth-order valence-corrected chi connectivity index (χ4v) is 3.57. The summed E-state index contributed by atoms with van der Waals surface area (Å²) in [6.07, 6.45) is 8.52. The molecule has 0 aliphatic carbocycles. The first-order chi connectivity index (χ1) is 11.7. The monoisotopic (exact) mass is 328 g/mol. The quantitative estimate of drug-likeness (QED) is 0.890. The second-order valence-corrected chi connectivity index (χ2v) is 6.42. The van der Waals surface area contributed by atoms with Crippen LogP contribution in [-0.4, -0.2) is 61.9 Å². The number of amides is 1. The van der Waals surface area contributed by atoms with Crippen molar-refractivity contribution in [3.05, 3.63) is 42.6 Å². The normalized spacial score (nSPS) is 26.9. The van der Waals surface area contributed by atoms with Crippen molar-refractivity contribution in [1.29, 1.82) is 0 Å². The fourth-order valence-electron chi connectivity index (χ4n) is 3.57. The molecule has 0 saturated carbocycles. The Morgan fingerprint density at radius 3 is 3.00 bits per heavy atom. The van der Waals surface area contributed by atoms with Gasteiger partial charge in [0.25, 0.3) is 5.91 Å². The number of aliphatic hydroxyl groups excluding tert-OH is 1. The van der Waals surface area contributed by atoms with Crippen LogP contribution >= 0.6 is 0 Å². The standard InChI is InChI=1S/C17H20N4O3/c22-14-4-7-20(11-17(14)5-1-9-24-17)16(23)13-2-3-15(19-10-13)21-8-6-18-12-21/h2-3,6,8,10,12,14,22H,1,4-5,7,9,11H2/t14-,17-/m0/s1. The van der Waals surface area contributed by atoms with Gasteiger partial charge in [-0.2, -0.15) is 0 Å². The predicted octanol–water partition coefficient (Wildman–Crippen LogP) is 1.02. The Bertz CT molecular complexity index is 708. The van der Waals surface area contributed by atoms with Gasteiger partial charge in [-0.1, -0.05) is 0 Å². The molecule has 4 rings (SSSR count). The van der Waals surface area contributed by atoms with Crippen molar-refractivity contribution in [2.24, 2.45) is 0 Å². The van der Waals surface area contributed by atoms with Gasteiger partial charge in [-0.15, -0.1) is 0 Å². The van der Waals surface area contributed by atoms with E-state index in [1.54, 1.807) is 46.5 Å². The Balaban J connectivity index is 1.51. The van der Waals surface area contributed by atoms with E-state index in [9.17, 15) is 9.90 Å². The van der Waals surface area contributed by atoms with Gasteiger partial charge in [-0.3, -0.25) is 9.36 Å². The maximum absolute atomic E-state index is 12.8. The van der Waals surface area contributed by atoms with E-state index in [-0.39, 0.29) is 5.91 Å². The van der Waals surface area contributed by atoms with Gasteiger partial charge in [0.1, 0.15) is 17.7 Å². The van der Waals surface area contributed by atoms with Crippen LogP contribution in [0, 0.1) is 0 Å². The second kappa shape index (κ2) is 5.99. The summed E-state index contributed by atoms with van der Waals surface area (Å²) in [6.45, 7) is 1.63. The average Bonchev–Trinajstić information content (AvgIpc) is 3.30. The van der Waals surface area contributed by atoms with Gasteiger partial charge in [-0.25, -0.2) is 9.97 Å². The highest BCUT2D eigenvalue weighted by Gasteiger charge is 2.47. The van der Waals surface area contributed by atoms with Crippen molar-refractivity contribution >= 4 is 5.91 Å². The number of hydrogen-bond acceptors (Lipinski definition) is 5. The maximum atomic E-state index is 12.8. The number of pyridine rings is 1. The summed E-state index contributed by atoms with van der Waals surface area (Å²) >= 11 is 0. The largest absolute Gasteiger partial charge is 0.390 e. The van der Waals surface area contributed by atoms with E-state index in [4.69, 9.17) is 4.74 Å². The van der Waals surface area contributed by atoms with E-state index in [1.807, 2.05) is 0 Å². The van der Waals surface area contributed by atoms with Gasteiger partial charge in [0.15, 0.2) is 0 Å². The molecule has 2 saturated heterocycles. The summed E-state index contributed by atoms with van der Waals surface area (Å²) in [5, 5.41) is 10.3. The highest BCUT2D eigenvalue weighted by Crippen LogP contribution is 2.35. The molecule has 1 amide bonds. The molecule has 2 aromatic rings. The Morgan fingerprint density at radius 1 is 1.42 bits per heavy atom. The van der Waals surface area contributed by atoms with Crippen LogP contribution in [0.15, 0.2) is 37.1 Å². The summed E-state index contributed by atoms with van der Waals surface area (Å²) in [5.41, 5.74) is -0.0404. The molecule has 1 spiro atoms. The van der Waals surface area contributed by atoms with Crippen molar-refractivity contribution < 1.29 is 14.6 Å². The third kappa shape index (κ3) is 2.59. The lowest BCUT2D eigenvalue weighted by Crippen LogP contribution is -2.57. The lowest BCUT2D eigenvalue weighted by atomic mass is 9.87. The lowest BCUT2D eigenvalue weighted by molar-refractivity contribution is -0.124. The molecule has 126 valence electrons. The number of imidazole rings is 1. The fraction of sp³-hybridized carbons (Fsp3) is 0.471. The minimum Gasteiger partial charge on any atom is -0.390 e. The van der Waals surface area contributed by atoms with Gasteiger partial charge in [-0.05, 0) is 31.4 Å². The number of likely N-dealkylation sites (tertiary alicyclic amines) is 1. The summed E-state index contributed by atoms with van der Waals surface area (Å²) in [6, 6.07) is 3.58. The van der Waals surface area contributed by atoms with E-state index in [1.165, 1.54) is 0 Å². The van der Waals surface area contributed by atoms with E-state index in [0.29, 0.717) is 37.5 Å². The Hall–Kier alpha value is -2.25. The molecular weight excluding hydrogens is 308 g/mol. The number of ether oxygens (including phenoxy) is 1.